The van der Waals surface area contributed by atoms with Gasteiger partial charge in [0.05, 0.1) is 12.2 Å². The van der Waals surface area contributed by atoms with Gasteiger partial charge in [-0.05, 0) is 37.3 Å². The summed E-state index contributed by atoms with van der Waals surface area (Å²) >= 11 is 6.27. The monoisotopic (exact) mass is 661 g/mol. The molecule has 3 aromatic carbocycles. The summed E-state index contributed by atoms with van der Waals surface area (Å²) in [6.07, 6.45) is -0.0561. The fourth-order valence-corrected chi connectivity index (χ4v) is 6.69. The number of rotatable bonds is 7. The van der Waals surface area contributed by atoms with Gasteiger partial charge in [-0.15, -0.1) is 0 Å². The largest absolute Gasteiger partial charge is 0.368 e. The number of fused-ring (bicyclic) bond motifs is 1. The van der Waals surface area contributed by atoms with Crippen molar-refractivity contribution in [3.63, 3.8) is 0 Å². The zero-order chi connectivity index (χ0) is 33.4. The van der Waals surface area contributed by atoms with Gasteiger partial charge in [0.2, 0.25) is 17.7 Å². The molecule has 1 aromatic heterocycles. The van der Waals surface area contributed by atoms with Gasteiger partial charge in [-0.25, -0.2) is 8.78 Å². The Kier molecular flexibility index (Phi) is 9.01. The predicted molar refractivity (Wildman–Crippen MR) is 177 cm³/mol. The van der Waals surface area contributed by atoms with E-state index in [-0.39, 0.29) is 42.5 Å². The number of amides is 3. The van der Waals surface area contributed by atoms with Crippen LogP contribution in [0.3, 0.4) is 0 Å². The zero-order valence-corrected chi connectivity index (χ0v) is 26.8. The first kappa shape index (κ1) is 32.2. The number of hydrogen-bond acceptors (Lipinski definition) is 5. The van der Waals surface area contributed by atoms with Crippen LogP contribution in [-0.2, 0) is 20.9 Å². The molecule has 0 aliphatic carbocycles. The second kappa shape index (κ2) is 13.2. The molecule has 2 aliphatic heterocycles. The molecule has 2 saturated heterocycles. The van der Waals surface area contributed by atoms with Gasteiger partial charge in [0.15, 0.2) is 11.6 Å². The van der Waals surface area contributed by atoms with Crippen LogP contribution in [0.1, 0.15) is 30.6 Å². The topological polar surface area (TPSA) is 95.0 Å². The SMILES string of the molecule is CC(=O)c1cn(CC(=O)N2CC(F)CC2C(=O)Nc2cccc(-c3ccccc3Cl)c2F)c2ccc(N3CCN(C(C)=O)CC3)cc12. The third-order valence-electron chi connectivity index (χ3n) is 8.93. The Morgan fingerprint density at radius 2 is 1.66 bits per heavy atom. The standard InChI is InChI=1S/C35H34ClF2N5O4/c1-21(44)28-19-42(31-11-10-24(17-27(28)31)41-14-12-40(13-15-41)22(2)45)20-33(46)43-18-23(37)16-32(43)35(47)39-30-9-5-7-26(34(30)38)25-6-3-4-8-29(25)36/h3-11,17,19,23,32H,12-16,18,20H2,1-2H3,(H,39,47). The van der Waals surface area contributed by atoms with Crippen LogP contribution < -0.4 is 10.2 Å². The number of nitrogens with zero attached hydrogens (tertiary/aromatic N) is 4. The lowest BCUT2D eigenvalue weighted by Crippen LogP contribution is -2.48. The first-order chi connectivity index (χ1) is 22.5. The van der Waals surface area contributed by atoms with Gasteiger partial charge >= 0.3 is 0 Å². The first-order valence-electron chi connectivity index (χ1n) is 15.4. The molecule has 0 spiro atoms. The van der Waals surface area contributed by atoms with Crippen molar-refractivity contribution < 1.29 is 28.0 Å². The van der Waals surface area contributed by atoms with E-state index in [1.165, 1.54) is 17.9 Å². The molecule has 2 unspecified atom stereocenters. The number of carbonyl (C=O) groups is 4. The summed E-state index contributed by atoms with van der Waals surface area (Å²) in [7, 11) is 0. The lowest BCUT2D eigenvalue weighted by atomic mass is 10.0. The molecule has 244 valence electrons. The molecule has 4 aromatic rings. The fraction of sp³-hybridized carbons (Fsp3) is 0.314. The molecule has 3 heterocycles. The molecule has 0 bridgehead atoms. The van der Waals surface area contributed by atoms with Crippen LogP contribution >= 0.6 is 11.6 Å². The highest BCUT2D eigenvalue weighted by Crippen LogP contribution is 2.34. The number of nitrogens with one attached hydrogen (secondary N) is 1. The minimum atomic E-state index is -1.44. The van der Waals surface area contributed by atoms with Crippen LogP contribution in [0, 0.1) is 5.82 Å². The van der Waals surface area contributed by atoms with E-state index >= 15 is 4.39 Å². The minimum absolute atomic E-state index is 0.0345. The van der Waals surface area contributed by atoms with E-state index in [1.807, 2.05) is 18.2 Å². The molecule has 12 heteroatoms. The van der Waals surface area contributed by atoms with E-state index in [0.717, 1.165) is 5.69 Å². The predicted octanol–water partition coefficient (Wildman–Crippen LogP) is 5.55. The van der Waals surface area contributed by atoms with Gasteiger partial charge in [-0.2, -0.15) is 0 Å². The molecular formula is C35H34ClF2N5O4. The summed E-state index contributed by atoms with van der Waals surface area (Å²) in [5.74, 6) is -2.05. The Morgan fingerprint density at radius 1 is 0.936 bits per heavy atom. The van der Waals surface area contributed by atoms with E-state index in [2.05, 4.69) is 10.2 Å². The van der Waals surface area contributed by atoms with E-state index < -0.39 is 29.8 Å². The second-order valence-electron chi connectivity index (χ2n) is 12.0. The van der Waals surface area contributed by atoms with Gasteiger partial charge in [-0.1, -0.05) is 41.9 Å². The van der Waals surface area contributed by atoms with Crippen molar-refractivity contribution in [2.75, 3.05) is 42.9 Å². The molecule has 0 saturated carbocycles. The average Bonchev–Trinajstić information content (AvgIpc) is 3.63. The number of Topliss-reactive ketones (excluding diaryl/α,β-unsaturated/α-hetero) is 1. The number of likely N-dealkylation sites (tertiary alicyclic amines) is 1. The third kappa shape index (κ3) is 6.44. The lowest BCUT2D eigenvalue weighted by Gasteiger charge is -2.35. The lowest BCUT2D eigenvalue weighted by molar-refractivity contribution is -0.137. The Balaban J connectivity index is 1.21. The summed E-state index contributed by atoms with van der Waals surface area (Å²) in [5, 5.41) is 3.57. The number of alkyl halides is 1. The Bertz CT molecular complexity index is 1890. The maximum atomic E-state index is 15.5. The number of carbonyl (C=O) groups excluding carboxylic acids is 4. The molecular weight excluding hydrogens is 628 g/mol. The number of halogens is 3. The molecule has 2 fully saturated rings. The highest BCUT2D eigenvalue weighted by molar-refractivity contribution is 6.33. The fourth-order valence-electron chi connectivity index (χ4n) is 6.45. The van der Waals surface area contributed by atoms with Gasteiger partial charge < -0.3 is 24.6 Å². The molecule has 2 aliphatic rings. The maximum absolute atomic E-state index is 15.5. The van der Waals surface area contributed by atoms with Crippen molar-refractivity contribution in [1.29, 1.82) is 0 Å². The summed E-state index contributed by atoms with van der Waals surface area (Å²) in [4.78, 5) is 56.5. The molecule has 3 amide bonds. The summed E-state index contributed by atoms with van der Waals surface area (Å²) < 4.78 is 31.9. The number of aromatic nitrogens is 1. The van der Waals surface area contributed by atoms with E-state index in [1.54, 1.807) is 59.0 Å². The summed E-state index contributed by atoms with van der Waals surface area (Å²) in [6.45, 7) is 4.99. The molecule has 47 heavy (non-hydrogen) atoms. The first-order valence-corrected chi connectivity index (χ1v) is 15.8. The van der Waals surface area contributed by atoms with Crippen LogP contribution in [0.5, 0.6) is 0 Å². The number of piperazine rings is 1. The van der Waals surface area contributed by atoms with Gasteiger partial charge in [0.1, 0.15) is 18.8 Å². The van der Waals surface area contributed by atoms with Crippen LogP contribution in [0.25, 0.3) is 22.0 Å². The molecule has 9 nitrogen and oxygen atoms in total. The van der Waals surface area contributed by atoms with Crippen LogP contribution in [0.2, 0.25) is 5.02 Å². The number of ketones is 1. The normalized spacial score (nSPS) is 18.1. The molecule has 2 atom stereocenters. The van der Waals surface area contributed by atoms with E-state index in [9.17, 15) is 23.6 Å². The second-order valence-corrected chi connectivity index (χ2v) is 12.4. The average molecular weight is 662 g/mol. The number of benzene rings is 3. The van der Waals surface area contributed by atoms with Crippen molar-refractivity contribution in [2.24, 2.45) is 0 Å². The number of hydrogen-bond donors (Lipinski definition) is 1. The van der Waals surface area contributed by atoms with E-state index in [4.69, 9.17) is 11.6 Å². The van der Waals surface area contributed by atoms with Crippen molar-refractivity contribution in [3.8, 4) is 11.1 Å². The van der Waals surface area contributed by atoms with Crippen molar-refractivity contribution in [1.82, 2.24) is 14.4 Å². The quantitative estimate of drug-likeness (QED) is 0.262. The van der Waals surface area contributed by atoms with Gasteiger partial charge in [0.25, 0.3) is 0 Å². The maximum Gasteiger partial charge on any atom is 0.247 e. The zero-order valence-electron chi connectivity index (χ0n) is 26.0. The van der Waals surface area contributed by atoms with Gasteiger partial charge in [-0.3, -0.25) is 19.2 Å². The van der Waals surface area contributed by atoms with Gasteiger partial charge in [0, 0.05) is 84.0 Å². The van der Waals surface area contributed by atoms with Crippen LogP contribution in [0.15, 0.2) is 66.9 Å². The summed E-state index contributed by atoms with van der Waals surface area (Å²) in [5.41, 5.74) is 2.52. The van der Waals surface area contributed by atoms with Crippen LogP contribution in [-0.4, -0.2) is 82.8 Å². The highest BCUT2D eigenvalue weighted by atomic mass is 35.5. The van der Waals surface area contributed by atoms with Crippen molar-refractivity contribution in [2.45, 2.75) is 39.0 Å². The van der Waals surface area contributed by atoms with Crippen molar-refractivity contribution >= 4 is 57.4 Å². The molecule has 0 radical (unpaired) electrons. The van der Waals surface area contributed by atoms with E-state index in [0.29, 0.717) is 53.2 Å². The Morgan fingerprint density at radius 3 is 2.36 bits per heavy atom. The third-order valence-corrected chi connectivity index (χ3v) is 9.26. The Hall–Kier alpha value is -4.77. The number of anilines is 2. The highest BCUT2D eigenvalue weighted by Gasteiger charge is 2.40. The van der Waals surface area contributed by atoms with Crippen molar-refractivity contribution in [3.05, 3.63) is 83.3 Å². The molecule has 6 rings (SSSR count). The summed E-state index contributed by atoms with van der Waals surface area (Å²) in [6, 6.07) is 15.8. The smallest absolute Gasteiger partial charge is 0.247 e. The van der Waals surface area contributed by atoms with Crippen LogP contribution in [0.4, 0.5) is 20.2 Å². The minimum Gasteiger partial charge on any atom is -0.368 e. The Labute approximate surface area is 275 Å². The molecule has 1 N–H and O–H groups in total.